The van der Waals surface area contributed by atoms with Crippen molar-refractivity contribution in [1.29, 1.82) is 0 Å². The molecule has 0 saturated heterocycles. The Balaban J connectivity index is 1.92. The van der Waals surface area contributed by atoms with E-state index >= 15 is 0 Å². The molecule has 0 bridgehead atoms. The van der Waals surface area contributed by atoms with Crippen molar-refractivity contribution in [2.24, 2.45) is 5.73 Å². The van der Waals surface area contributed by atoms with E-state index in [2.05, 4.69) is 5.10 Å². The zero-order valence-electron chi connectivity index (χ0n) is 12.2. The number of hydrogen-bond donors (Lipinski definition) is 1. The lowest BCUT2D eigenvalue weighted by molar-refractivity contribution is 0.559. The number of fused-ring (bicyclic) bond motifs is 1. The third-order valence-electron chi connectivity index (χ3n) is 3.62. The number of rotatable bonds is 3. The fourth-order valence-corrected chi connectivity index (χ4v) is 2.42. The highest BCUT2D eigenvalue weighted by Gasteiger charge is 2.10. The Morgan fingerprint density at radius 1 is 1.19 bits per heavy atom. The second kappa shape index (κ2) is 5.18. The predicted molar refractivity (Wildman–Crippen MR) is 82.3 cm³/mol. The van der Waals surface area contributed by atoms with Gasteiger partial charge in [-0.25, -0.2) is 4.52 Å². The van der Waals surface area contributed by atoms with Gasteiger partial charge < -0.3 is 10.3 Å². The minimum atomic E-state index is -0.213. The Morgan fingerprint density at radius 3 is 2.62 bits per heavy atom. The highest BCUT2D eigenvalue weighted by molar-refractivity contribution is 5.44. The van der Waals surface area contributed by atoms with Crippen LogP contribution in [0.4, 0.5) is 0 Å². The van der Waals surface area contributed by atoms with Gasteiger partial charge in [0.15, 0.2) is 0 Å². The Labute approximate surface area is 122 Å². The fourth-order valence-electron chi connectivity index (χ4n) is 2.42. The van der Waals surface area contributed by atoms with Crippen LogP contribution in [0.1, 0.15) is 22.9 Å². The van der Waals surface area contributed by atoms with Crippen molar-refractivity contribution in [1.82, 2.24) is 14.2 Å². The number of nitrogens with two attached hydrogens (primary N) is 1. The van der Waals surface area contributed by atoms with Crippen LogP contribution in [0.5, 0.6) is 0 Å². The number of nitrogens with zero attached hydrogens (tertiary/aromatic N) is 3. The average Bonchev–Trinajstić information content (AvgIpc) is 2.84. The van der Waals surface area contributed by atoms with Crippen LogP contribution in [-0.2, 0) is 6.54 Å². The van der Waals surface area contributed by atoms with Crippen LogP contribution in [0.25, 0.3) is 5.52 Å². The quantitative estimate of drug-likeness (QED) is 0.797. The molecule has 3 aromatic rings. The molecule has 0 aliphatic heterocycles. The summed E-state index contributed by atoms with van der Waals surface area (Å²) in [6.45, 7) is 4.35. The molecule has 0 amide bonds. The third-order valence-corrected chi connectivity index (χ3v) is 3.62. The standard InChI is InChI=1S/C16H18N4O/c1-11-3-5-13(6-4-11)14(17)10-19-7-8-20-15(16(19)21)9-12(2)18-20/h3-9,14H,10,17H2,1-2H3. The zero-order valence-corrected chi connectivity index (χ0v) is 12.2. The first-order valence-electron chi connectivity index (χ1n) is 6.92. The van der Waals surface area contributed by atoms with Crippen molar-refractivity contribution in [2.75, 3.05) is 0 Å². The molecule has 0 aliphatic rings. The maximum Gasteiger partial charge on any atom is 0.276 e. The van der Waals surface area contributed by atoms with Crippen LogP contribution < -0.4 is 11.3 Å². The molecule has 2 N–H and O–H groups in total. The van der Waals surface area contributed by atoms with Crippen LogP contribution >= 0.6 is 0 Å². The summed E-state index contributed by atoms with van der Waals surface area (Å²) in [6, 6.07) is 9.65. The molecule has 0 saturated carbocycles. The molecule has 5 nitrogen and oxygen atoms in total. The van der Waals surface area contributed by atoms with Gasteiger partial charge in [0.05, 0.1) is 5.69 Å². The first-order chi connectivity index (χ1) is 10.0. The number of aromatic nitrogens is 3. The minimum Gasteiger partial charge on any atom is -0.322 e. The van der Waals surface area contributed by atoms with Crippen molar-refractivity contribution < 1.29 is 0 Å². The summed E-state index contributed by atoms with van der Waals surface area (Å²) in [5, 5.41) is 4.23. The zero-order chi connectivity index (χ0) is 15.0. The molecule has 1 atom stereocenters. The number of aryl methyl sites for hydroxylation is 2. The van der Waals surface area contributed by atoms with Gasteiger partial charge in [0.2, 0.25) is 0 Å². The summed E-state index contributed by atoms with van der Waals surface area (Å²) in [6.07, 6.45) is 3.52. The molecule has 0 spiro atoms. The van der Waals surface area contributed by atoms with Crippen molar-refractivity contribution >= 4 is 5.52 Å². The molecule has 0 fully saturated rings. The number of benzene rings is 1. The molecule has 5 heteroatoms. The van der Waals surface area contributed by atoms with E-state index in [1.807, 2.05) is 38.1 Å². The molecular formula is C16H18N4O. The lowest BCUT2D eigenvalue weighted by atomic mass is 10.1. The lowest BCUT2D eigenvalue weighted by Gasteiger charge is -2.14. The Bertz CT molecular complexity index is 830. The van der Waals surface area contributed by atoms with Gasteiger partial charge in [-0.15, -0.1) is 0 Å². The van der Waals surface area contributed by atoms with E-state index in [0.29, 0.717) is 12.1 Å². The highest BCUT2D eigenvalue weighted by Crippen LogP contribution is 2.13. The normalized spacial score (nSPS) is 12.7. The van der Waals surface area contributed by atoms with E-state index in [4.69, 9.17) is 5.73 Å². The monoisotopic (exact) mass is 282 g/mol. The van der Waals surface area contributed by atoms with Crippen molar-refractivity contribution in [3.63, 3.8) is 0 Å². The lowest BCUT2D eigenvalue weighted by Crippen LogP contribution is -2.27. The average molecular weight is 282 g/mol. The maximum atomic E-state index is 12.4. The SMILES string of the molecule is Cc1ccc(C(N)Cn2ccn3nc(C)cc3c2=O)cc1. The molecule has 2 aromatic heterocycles. The van der Waals surface area contributed by atoms with Crippen molar-refractivity contribution in [2.45, 2.75) is 26.4 Å². The van der Waals surface area contributed by atoms with Crippen LogP contribution in [0.15, 0.2) is 47.5 Å². The van der Waals surface area contributed by atoms with E-state index in [1.54, 1.807) is 27.5 Å². The van der Waals surface area contributed by atoms with Gasteiger partial charge in [-0.2, -0.15) is 5.10 Å². The van der Waals surface area contributed by atoms with Gasteiger partial charge in [0.1, 0.15) is 5.52 Å². The van der Waals surface area contributed by atoms with E-state index < -0.39 is 0 Å². The largest absolute Gasteiger partial charge is 0.322 e. The van der Waals surface area contributed by atoms with Crippen molar-refractivity contribution in [3.05, 3.63) is 69.9 Å². The van der Waals surface area contributed by atoms with Crippen LogP contribution in [0.2, 0.25) is 0 Å². The Kier molecular flexibility index (Phi) is 3.35. The summed E-state index contributed by atoms with van der Waals surface area (Å²) in [4.78, 5) is 12.4. The van der Waals surface area contributed by atoms with Crippen LogP contribution in [0.3, 0.4) is 0 Å². The van der Waals surface area contributed by atoms with Crippen LogP contribution in [0, 0.1) is 13.8 Å². The van der Waals surface area contributed by atoms with Gasteiger partial charge >= 0.3 is 0 Å². The summed E-state index contributed by atoms with van der Waals surface area (Å²) in [5.41, 5.74) is 9.76. The first kappa shape index (κ1) is 13.6. The summed E-state index contributed by atoms with van der Waals surface area (Å²) in [7, 11) is 0. The smallest absolute Gasteiger partial charge is 0.276 e. The maximum absolute atomic E-state index is 12.4. The van der Waals surface area contributed by atoms with E-state index in [1.165, 1.54) is 5.56 Å². The molecule has 0 radical (unpaired) electrons. The molecule has 108 valence electrons. The van der Waals surface area contributed by atoms with Gasteiger partial charge in [0, 0.05) is 25.0 Å². The summed E-state index contributed by atoms with van der Waals surface area (Å²) in [5.74, 6) is 0. The van der Waals surface area contributed by atoms with E-state index in [0.717, 1.165) is 11.3 Å². The fraction of sp³-hybridized carbons (Fsp3) is 0.250. The molecule has 21 heavy (non-hydrogen) atoms. The molecule has 1 unspecified atom stereocenters. The molecule has 2 heterocycles. The van der Waals surface area contributed by atoms with Gasteiger partial charge in [0.25, 0.3) is 5.56 Å². The second-order valence-electron chi connectivity index (χ2n) is 5.39. The molecule has 3 rings (SSSR count). The second-order valence-corrected chi connectivity index (χ2v) is 5.39. The number of hydrogen-bond acceptors (Lipinski definition) is 3. The molecule has 0 aliphatic carbocycles. The first-order valence-corrected chi connectivity index (χ1v) is 6.92. The summed E-state index contributed by atoms with van der Waals surface area (Å²) >= 11 is 0. The Hall–Kier alpha value is -2.40. The van der Waals surface area contributed by atoms with Gasteiger partial charge in [-0.3, -0.25) is 4.79 Å². The van der Waals surface area contributed by atoms with E-state index in [-0.39, 0.29) is 11.6 Å². The van der Waals surface area contributed by atoms with E-state index in [9.17, 15) is 4.79 Å². The van der Waals surface area contributed by atoms with Gasteiger partial charge in [-0.05, 0) is 25.5 Å². The summed E-state index contributed by atoms with van der Waals surface area (Å²) < 4.78 is 3.24. The van der Waals surface area contributed by atoms with Crippen LogP contribution in [-0.4, -0.2) is 14.2 Å². The molecular weight excluding hydrogens is 264 g/mol. The Morgan fingerprint density at radius 2 is 1.90 bits per heavy atom. The predicted octanol–water partition coefficient (Wildman–Crippen LogP) is 1.81. The molecule has 1 aromatic carbocycles. The third kappa shape index (κ3) is 2.60. The minimum absolute atomic E-state index is 0.0688. The van der Waals surface area contributed by atoms with Gasteiger partial charge in [-0.1, -0.05) is 29.8 Å². The highest BCUT2D eigenvalue weighted by atomic mass is 16.1. The van der Waals surface area contributed by atoms with Crippen molar-refractivity contribution in [3.8, 4) is 0 Å². The topological polar surface area (TPSA) is 65.3 Å².